The summed E-state index contributed by atoms with van der Waals surface area (Å²) in [4.78, 5) is 58.0. The fraction of sp³-hybridized carbons (Fsp3) is 0.780. The van der Waals surface area contributed by atoms with E-state index in [0.29, 0.717) is 19.3 Å². The normalized spacial score (nSPS) is 14.9. The highest BCUT2D eigenvalue weighted by molar-refractivity contribution is 7.47. The topological polar surface area (TPSA) is 231 Å². The molecule has 16 nitrogen and oxygen atoms in total. The largest absolute Gasteiger partial charge is 0.472 e. The number of allylic oxidation sites excluding steroid dienone is 10. The van der Waals surface area contributed by atoms with Gasteiger partial charge in [0.1, 0.15) is 25.4 Å². The van der Waals surface area contributed by atoms with Crippen molar-refractivity contribution in [2.24, 2.45) is 0 Å². The number of ether oxygens (including phenoxy) is 3. The van der Waals surface area contributed by atoms with Crippen LogP contribution in [0.2, 0.25) is 0 Å². The molecule has 0 aliphatic heterocycles. The number of phosphoric ester groups is 2. The van der Waals surface area contributed by atoms with Crippen LogP contribution in [0.15, 0.2) is 60.8 Å². The maximum atomic E-state index is 12.8. The molecule has 448 valence electrons. The van der Waals surface area contributed by atoms with Gasteiger partial charge in [-0.05, 0) is 77.0 Å². The summed E-state index contributed by atoms with van der Waals surface area (Å²) in [7, 11) is -9.75. The summed E-state index contributed by atoms with van der Waals surface area (Å²) < 4.78 is 60.5. The number of hydrogen-bond acceptors (Lipinski definition) is 14. The molecule has 4 N–H and O–H groups in total. The molecule has 18 heteroatoms. The average molecular weight is 1130 g/mol. The zero-order chi connectivity index (χ0) is 56.8. The third-order valence-electron chi connectivity index (χ3n) is 12.2. The van der Waals surface area contributed by atoms with E-state index in [2.05, 4.69) is 81.5 Å². The monoisotopic (exact) mass is 1130 g/mol. The Kier molecular flexibility index (Phi) is 51.9. The van der Waals surface area contributed by atoms with Gasteiger partial charge in [0.25, 0.3) is 0 Å². The van der Waals surface area contributed by atoms with Crippen molar-refractivity contribution >= 4 is 33.6 Å². The highest BCUT2D eigenvalue weighted by atomic mass is 31.2. The first-order chi connectivity index (χ1) is 37.2. The maximum Gasteiger partial charge on any atom is 0.472 e. The molecule has 0 saturated heterocycles. The van der Waals surface area contributed by atoms with Crippen LogP contribution in [0.3, 0.4) is 0 Å². The van der Waals surface area contributed by atoms with E-state index in [1.54, 1.807) is 0 Å². The van der Waals surface area contributed by atoms with Gasteiger partial charge >= 0.3 is 33.6 Å². The Morgan fingerprint density at radius 1 is 0.377 bits per heavy atom. The predicted octanol–water partition coefficient (Wildman–Crippen LogP) is 15.1. The number of carbonyl (C=O) groups is 3. The first-order valence-corrected chi connectivity index (χ1v) is 32.6. The van der Waals surface area contributed by atoms with Crippen molar-refractivity contribution < 1.29 is 75.8 Å². The van der Waals surface area contributed by atoms with Gasteiger partial charge in [-0.1, -0.05) is 204 Å². The van der Waals surface area contributed by atoms with Crippen molar-refractivity contribution in [2.45, 2.75) is 257 Å². The SMILES string of the molecule is CC/C=C\C/C=C\C/C=C\CCCCCCCC(=O)OCC(O)COP(=O)(O)OCC(O)COP(=O)(O)OCC(COC(=O)CCCCCCC/C=C\C/C=C\CCC)OC(=O)CCCCCCCCCCCCCCC. The first kappa shape index (κ1) is 74.2. The molecular formula is C59H106O16P2. The van der Waals surface area contributed by atoms with Gasteiger partial charge in [-0.3, -0.25) is 32.5 Å². The van der Waals surface area contributed by atoms with E-state index in [0.717, 1.165) is 128 Å². The Labute approximate surface area is 465 Å². The fourth-order valence-corrected chi connectivity index (χ4v) is 9.26. The lowest BCUT2D eigenvalue weighted by atomic mass is 10.0. The van der Waals surface area contributed by atoms with Gasteiger partial charge in [-0.15, -0.1) is 0 Å². The zero-order valence-corrected chi connectivity index (χ0v) is 49.7. The van der Waals surface area contributed by atoms with E-state index in [-0.39, 0.29) is 19.3 Å². The highest BCUT2D eigenvalue weighted by Gasteiger charge is 2.29. The second-order valence-corrected chi connectivity index (χ2v) is 22.7. The number of hydrogen-bond donors (Lipinski definition) is 4. The van der Waals surface area contributed by atoms with Gasteiger partial charge in [-0.25, -0.2) is 9.13 Å². The number of esters is 3. The van der Waals surface area contributed by atoms with E-state index in [1.165, 1.54) is 51.4 Å². The van der Waals surface area contributed by atoms with Crippen LogP contribution in [-0.2, 0) is 55.8 Å². The molecule has 0 heterocycles. The number of aliphatic hydroxyl groups excluding tert-OH is 2. The van der Waals surface area contributed by atoms with Crippen molar-refractivity contribution in [3.63, 3.8) is 0 Å². The van der Waals surface area contributed by atoms with Crippen LogP contribution in [0.25, 0.3) is 0 Å². The van der Waals surface area contributed by atoms with Crippen LogP contribution in [0.5, 0.6) is 0 Å². The van der Waals surface area contributed by atoms with Crippen LogP contribution >= 0.6 is 15.6 Å². The minimum Gasteiger partial charge on any atom is -0.463 e. The van der Waals surface area contributed by atoms with Crippen molar-refractivity contribution in [2.75, 3.05) is 39.6 Å². The summed E-state index contributed by atoms with van der Waals surface area (Å²) in [6.07, 6.45) is 50.1. The minimum absolute atomic E-state index is 0.106. The molecule has 0 aromatic carbocycles. The number of rotatable bonds is 56. The van der Waals surface area contributed by atoms with Crippen LogP contribution in [0.4, 0.5) is 0 Å². The third kappa shape index (κ3) is 55.0. The molecule has 0 bridgehead atoms. The Balaban J connectivity index is 4.69. The Morgan fingerprint density at radius 2 is 0.714 bits per heavy atom. The first-order valence-electron chi connectivity index (χ1n) is 29.6. The predicted molar refractivity (Wildman–Crippen MR) is 307 cm³/mol. The lowest BCUT2D eigenvalue weighted by Gasteiger charge is -2.21. The van der Waals surface area contributed by atoms with Crippen LogP contribution < -0.4 is 0 Å². The number of aliphatic hydroxyl groups is 2. The quantitative estimate of drug-likeness (QED) is 0.0146. The molecule has 0 aromatic heterocycles. The van der Waals surface area contributed by atoms with Crippen LogP contribution in [-0.4, -0.2) is 95.9 Å². The van der Waals surface area contributed by atoms with Gasteiger partial charge in [-0.2, -0.15) is 0 Å². The molecule has 0 amide bonds. The van der Waals surface area contributed by atoms with Crippen molar-refractivity contribution in [1.82, 2.24) is 0 Å². The zero-order valence-electron chi connectivity index (χ0n) is 47.9. The molecule has 77 heavy (non-hydrogen) atoms. The van der Waals surface area contributed by atoms with Gasteiger partial charge in [0.2, 0.25) is 0 Å². The lowest BCUT2D eigenvalue weighted by Crippen LogP contribution is -2.30. The summed E-state index contributed by atoms with van der Waals surface area (Å²) in [5, 5.41) is 20.4. The fourth-order valence-electron chi connectivity index (χ4n) is 7.68. The summed E-state index contributed by atoms with van der Waals surface area (Å²) in [5.41, 5.74) is 0. The van der Waals surface area contributed by atoms with E-state index >= 15 is 0 Å². The molecule has 0 aromatic rings. The average Bonchev–Trinajstić information content (AvgIpc) is 3.40. The van der Waals surface area contributed by atoms with Gasteiger partial charge in [0.15, 0.2) is 6.10 Å². The Bertz CT molecular complexity index is 1670. The van der Waals surface area contributed by atoms with Gasteiger partial charge in [0, 0.05) is 19.3 Å². The van der Waals surface area contributed by atoms with Crippen molar-refractivity contribution in [3.05, 3.63) is 60.8 Å². The van der Waals surface area contributed by atoms with E-state index < -0.39 is 91.5 Å². The highest BCUT2D eigenvalue weighted by Crippen LogP contribution is 2.45. The molecule has 5 unspecified atom stereocenters. The van der Waals surface area contributed by atoms with E-state index in [9.17, 15) is 43.5 Å². The minimum atomic E-state index is -4.91. The number of phosphoric acid groups is 2. The standard InChI is InChI=1S/C59H106O16P2/c1-4-7-10-13-16-19-22-25-26-29-31-33-36-39-42-45-57(62)69-48-54(60)49-71-76(65,66)72-50-55(61)51-73-77(67,68)74-53-56(75-59(64)47-44-41-38-35-32-28-24-21-18-15-12-9-6-3)52-70-58(63)46-43-40-37-34-30-27-23-20-17-14-11-8-5-2/h7,10-11,14,16,19-20,23,25-26,54-56,60-61H,4-6,8-9,12-13,15,17-18,21-22,24,27-53H2,1-3H3,(H,65,66)(H,67,68)/b10-7-,14-11-,19-16-,23-20-,26-25-. The number of unbranched alkanes of at least 4 members (excludes halogenated alkanes) is 23. The smallest absolute Gasteiger partial charge is 0.463 e. The van der Waals surface area contributed by atoms with E-state index in [1.807, 2.05) is 0 Å². The molecule has 5 atom stereocenters. The summed E-state index contributed by atoms with van der Waals surface area (Å²) >= 11 is 0. The Morgan fingerprint density at radius 3 is 1.14 bits per heavy atom. The summed E-state index contributed by atoms with van der Waals surface area (Å²) in [6, 6.07) is 0. The molecule has 0 fully saturated rings. The second-order valence-electron chi connectivity index (χ2n) is 19.8. The van der Waals surface area contributed by atoms with Gasteiger partial charge in [0.05, 0.1) is 26.4 Å². The Hall–Kier alpha value is -2.75. The molecule has 0 aliphatic carbocycles. The molecule has 0 aliphatic rings. The van der Waals surface area contributed by atoms with Crippen LogP contribution in [0, 0.1) is 0 Å². The van der Waals surface area contributed by atoms with E-state index in [4.69, 9.17) is 32.3 Å². The molecular weight excluding hydrogens is 1030 g/mol. The lowest BCUT2D eigenvalue weighted by molar-refractivity contribution is -0.161. The third-order valence-corrected chi connectivity index (χ3v) is 14.1. The second kappa shape index (κ2) is 53.9. The van der Waals surface area contributed by atoms with Crippen LogP contribution in [0.1, 0.15) is 239 Å². The molecule has 0 spiro atoms. The summed E-state index contributed by atoms with van der Waals surface area (Å²) in [6.45, 7) is 2.44. The van der Waals surface area contributed by atoms with Crippen molar-refractivity contribution in [3.8, 4) is 0 Å². The number of carbonyl (C=O) groups excluding carboxylic acids is 3. The van der Waals surface area contributed by atoms with Gasteiger partial charge < -0.3 is 34.2 Å². The van der Waals surface area contributed by atoms with Crippen molar-refractivity contribution in [1.29, 1.82) is 0 Å². The molecule has 0 radical (unpaired) electrons. The molecule has 0 saturated carbocycles. The molecule has 0 rings (SSSR count). The maximum absolute atomic E-state index is 12.8. The summed E-state index contributed by atoms with van der Waals surface area (Å²) in [5.74, 6) is -1.60.